The van der Waals surface area contributed by atoms with Crippen molar-refractivity contribution in [2.24, 2.45) is 11.8 Å². The molecule has 2 heteroatoms. The number of hydrogen-bond acceptors (Lipinski definition) is 2. The molecule has 0 bridgehead atoms. The third-order valence-electron chi connectivity index (χ3n) is 2.59. The first-order chi connectivity index (χ1) is 4.66. The van der Waals surface area contributed by atoms with Crippen molar-refractivity contribution < 1.29 is 9.53 Å². The average molecular weight is 142 g/mol. The summed E-state index contributed by atoms with van der Waals surface area (Å²) in [6.07, 6.45) is 0.779. The molecule has 0 heterocycles. The van der Waals surface area contributed by atoms with Crippen LogP contribution in [0.2, 0.25) is 0 Å². The van der Waals surface area contributed by atoms with Gasteiger partial charge in [-0.1, -0.05) is 13.8 Å². The Morgan fingerprint density at radius 3 is 2.30 bits per heavy atom. The van der Waals surface area contributed by atoms with Gasteiger partial charge in [-0.3, -0.25) is 4.79 Å². The molecule has 0 saturated heterocycles. The second-order valence-electron chi connectivity index (χ2n) is 3.09. The second kappa shape index (κ2) is 2.70. The predicted octanol–water partition coefficient (Wildman–Crippen LogP) is 1.25. The maximum absolute atomic E-state index is 11.1. The molecule has 58 valence electrons. The van der Waals surface area contributed by atoms with Crippen molar-refractivity contribution in [3.05, 3.63) is 0 Å². The van der Waals surface area contributed by atoms with Crippen LogP contribution in [0.4, 0.5) is 0 Å². The molecule has 1 rings (SSSR count). The van der Waals surface area contributed by atoms with Gasteiger partial charge in [0.1, 0.15) is 5.78 Å². The summed E-state index contributed by atoms with van der Waals surface area (Å²) in [6.45, 7) is 4.05. The summed E-state index contributed by atoms with van der Waals surface area (Å²) in [4.78, 5) is 11.1. The van der Waals surface area contributed by atoms with Crippen LogP contribution in [0.25, 0.3) is 0 Å². The molecule has 0 N–H and O–H groups in total. The Bertz CT molecular complexity index is 142. The lowest BCUT2D eigenvalue weighted by atomic mass is 9.99. The summed E-state index contributed by atoms with van der Waals surface area (Å²) in [7, 11) is 1.67. The summed E-state index contributed by atoms with van der Waals surface area (Å²) in [5.41, 5.74) is 0. The fraction of sp³-hybridized carbons (Fsp3) is 0.875. The van der Waals surface area contributed by atoms with Crippen LogP contribution in [0.5, 0.6) is 0 Å². The maximum Gasteiger partial charge on any atom is 0.138 e. The number of ether oxygens (including phenoxy) is 1. The molecule has 1 fully saturated rings. The van der Waals surface area contributed by atoms with Crippen LogP contribution in [-0.4, -0.2) is 19.0 Å². The lowest BCUT2D eigenvalue weighted by molar-refractivity contribution is -0.120. The zero-order chi connectivity index (χ0) is 7.72. The lowest BCUT2D eigenvalue weighted by Crippen LogP contribution is -2.16. The van der Waals surface area contributed by atoms with E-state index < -0.39 is 0 Å². The van der Waals surface area contributed by atoms with E-state index >= 15 is 0 Å². The van der Waals surface area contributed by atoms with E-state index in [0.29, 0.717) is 18.1 Å². The van der Waals surface area contributed by atoms with Crippen LogP contribution in [0.1, 0.15) is 20.3 Å². The highest BCUT2D eigenvalue weighted by Crippen LogP contribution is 2.29. The molecule has 1 aliphatic rings. The summed E-state index contributed by atoms with van der Waals surface area (Å²) in [5, 5.41) is 0. The average Bonchev–Trinajstić information content (AvgIpc) is 2.17. The molecular formula is C8H14O2. The van der Waals surface area contributed by atoms with Crippen molar-refractivity contribution in [2.75, 3.05) is 7.11 Å². The Balaban J connectivity index is 2.61. The molecular weight excluding hydrogens is 128 g/mol. The summed E-state index contributed by atoms with van der Waals surface area (Å²) < 4.78 is 5.14. The van der Waals surface area contributed by atoms with Crippen LogP contribution in [-0.2, 0) is 9.53 Å². The number of Topliss-reactive ketones (excluding diaryl/α,β-unsaturated/α-hetero) is 1. The van der Waals surface area contributed by atoms with Crippen molar-refractivity contribution in [3.8, 4) is 0 Å². The smallest absolute Gasteiger partial charge is 0.138 e. The fourth-order valence-electron chi connectivity index (χ4n) is 1.48. The Hall–Kier alpha value is -0.370. The Morgan fingerprint density at radius 2 is 2.10 bits per heavy atom. The molecule has 1 aliphatic carbocycles. The van der Waals surface area contributed by atoms with E-state index in [0.717, 1.165) is 0 Å². The van der Waals surface area contributed by atoms with Crippen molar-refractivity contribution >= 4 is 5.78 Å². The molecule has 0 amide bonds. The van der Waals surface area contributed by atoms with Gasteiger partial charge in [-0.05, 0) is 5.92 Å². The number of methoxy groups -OCH3 is 1. The molecule has 0 spiro atoms. The highest BCUT2D eigenvalue weighted by molar-refractivity contribution is 5.83. The van der Waals surface area contributed by atoms with E-state index in [1.165, 1.54) is 0 Å². The Morgan fingerprint density at radius 1 is 1.50 bits per heavy atom. The first-order valence-corrected chi connectivity index (χ1v) is 3.72. The molecule has 0 radical (unpaired) electrons. The van der Waals surface area contributed by atoms with Gasteiger partial charge in [-0.2, -0.15) is 0 Å². The van der Waals surface area contributed by atoms with E-state index in [1.807, 2.05) is 6.92 Å². The van der Waals surface area contributed by atoms with Gasteiger partial charge >= 0.3 is 0 Å². The third kappa shape index (κ3) is 1.08. The van der Waals surface area contributed by atoms with Crippen LogP contribution in [0.15, 0.2) is 0 Å². The normalized spacial score (nSPS) is 40.7. The molecule has 2 nitrogen and oxygen atoms in total. The van der Waals surface area contributed by atoms with E-state index in [-0.39, 0.29) is 12.0 Å². The van der Waals surface area contributed by atoms with Gasteiger partial charge in [0.05, 0.1) is 6.10 Å². The molecule has 0 aromatic carbocycles. The Labute approximate surface area is 61.6 Å². The quantitative estimate of drug-likeness (QED) is 0.550. The van der Waals surface area contributed by atoms with Gasteiger partial charge in [0.25, 0.3) is 0 Å². The van der Waals surface area contributed by atoms with Gasteiger partial charge < -0.3 is 4.74 Å². The van der Waals surface area contributed by atoms with Gasteiger partial charge in [-0.25, -0.2) is 0 Å². The molecule has 0 aromatic heterocycles. The minimum atomic E-state index is 0.169. The van der Waals surface area contributed by atoms with Crippen LogP contribution in [0.3, 0.4) is 0 Å². The van der Waals surface area contributed by atoms with E-state index in [4.69, 9.17) is 4.74 Å². The zero-order valence-electron chi connectivity index (χ0n) is 6.76. The topological polar surface area (TPSA) is 26.3 Å². The fourth-order valence-corrected chi connectivity index (χ4v) is 1.48. The predicted molar refractivity (Wildman–Crippen MR) is 38.7 cm³/mol. The van der Waals surface area contributed by atoms with Gasteiger partial charge in [0, 0.05) is 19.4 Å². The summed E-state index contributed by atoms with van der Waals surface area (Å²) in [6, 6.07) is 0. The van der Waals surface area contributed by atoms with Gasteiger partial charge in [0.2, 0.25) is 0 Å². The van der Waals surface area contributed by atoms with Crippen molar-refractivity contribution in [1.29, 1.82) is 0 Å². The number of hydrogen-bond donors (Lipinski definition) is 0. The van der Waals surface area contributed by atoms with E-state index in [9.17, 15) is 4.79 Å². The summed E-state index contributed by atoms with van der Waals surface area (Å²) in [5.74, 6) is 0.946. The maximum atomic E-state index is 11.1. The van der Waals surface area contributed by atoms with Crippen LogP contribution < -0.4 is 0 Å². The SMILES string of the molecule is COC1CC(=O)C(C)[C@H]1C. The van der Waals surface area contributed by atoms with E-state index in [1.54, 1.807) is 7.11 Å². The second-order valence-corrected chi connectivity index (χ2v) is 3.09. The van der Waals surface area contributed by atoms with E-state index in [2.05, 4.69) is 6.92 Å². The number of rotatable bonds is 1. The first-order valence-electron chi connectivity index (χ1n) is 3.72. The Kier molecular flexibility index (Phi) is 2.09. The summed E-state index contributed by atoms with van der Waals surface area (Å²) >= 11 is 0. The van der Waals surface area contributed by atoms with Crippen molar-refractivity contribution in [2.45, 2.75) is 26.4 Å². The standard InChI is InChI=1S/C8H14O2/c1-5-6(2)8(10-3)4-7(5)9/h5-6,8H,4H2,1-3H3/t5?,6-,8?/m1/s1. The van der Waals surface area contributed by atoms with Gasteiger partial charge in [-0.15, -0.1) is 0 Å². The molecule has 2 unspecified atom stereocenters. The first kappa shape index (κ1) is 7.73. The van der Waals surface area contributed by atoms with Crippen molar-refractivity contribution in [1.82, 2.24) is 0 Å². The number of carbonyl (C=O) groups is 1. The monoisotopic (exact) mass is 142 g/mol. The molecule has 0 aromatic rings. The molecule has 0 aliphatic heterocycles. The minimum absolute atomic E-state index is 0.169. The molecule has 10 heavy (non-hydrogen) atoms. The zero-order valence-corrected chi connectivity index (χ0v) is 6.76. The van der Waals surface area contributed by atoms with Gasteiger partial charge in [0.15, 0.2) is 0 Å². The molecule has 1 saturated carbocycles. The highest BCUT2D eigenvalue weighted by Gasteiger charge is 2.36. The lowest BCUT2D eigenvalue weighted by Gasteiger charge is -2.14. The minimum Gasteiger partial charge on any atom is -0.381 e. The third-order valence-corrected chi connectivity index (χ3v) is 2.59. The number of ketones is 1. The van der Waals surface area contributed by atoms with Crippen LogP contribution in [0, 0.1) is 11.8 Å². The largest absolute Gasteiger partial charge is 0.381 e. The van der Waals surface area contributed by atoms with Crippen molar-refractivity contribution in [3.63, 3.8) is 0 Å². The number of carbonyl (C=O) groups excluding carboxylic acids is 1. The van der Waals surface area contributed by atoms with Crippen LogP contribution >= 0.6 is 0 Å². The highest BCUT2D eigenvalue weighted by atomic mass is 16.5. The molecule has 3 atom stereocenters.